The molecule has 2 nitrogen and oxygen atoms in total. The number of aromatic nitrogens is 1. The molecule has 2 rings (SSSR count). The summed E-state index contributed by atoms with van der Waals surface area (Å²) < 4.78 is 37.6. The highest BCUT2D eigenvalue weighted by molar-refractivity contribution is 7.11. The summed E-state index contributed by atoms with van der Waals surface area (Å²) in [6.45, 7) is 4.27. The molecule has 0 radical (unpaired) electrons. The minimum atomic E-state index is -4.35. The van der Waals surface area contributed by atoms with Crippen LogP contribution >= 0.6 is 11.3 Å². The Morgan fingerprint density at radius 3 is 2.67 bits per heavy atom. The first-order valence-corrected chi connectivity index (χ1v) is 6.79. The Kier molecular flexibility index (Phi) is 3.44. The largest absolute Gasteiger partial charge is 0.443 e. The summed E-state index contributed by atoms with van der Waals surface area (Å²) in [6.07, 6.45) is -0.295. The molecule has 1 heterocycles. The van der Waals surface area contributed by atoms with Crippen molar-refractivity contribution in [1.29, 1.82) is 0 Å². The normalized spacial score (nSPS) is 28.3. The van der Waals surface area contributed by atoms with Gasteiger partial charge in [-0.25, -0.2) is 4.98 Å². The molecule has 0 amide bonds. The molecule has 0 spiro atoms. The van der Waals surface area contributed by atoms with Crippen molar-refractivity contribution in [2.75, 3.05) is 0 Å². The lowest BCUT2D eigenvalue weighted by atomic mass is 9.70. The van der Waals surface area contributed by atoms with Crippen LogP contribution in [0.3, 0.4) is 0 Å². The summed E-state index contributed by atoms with van der Waals surface area (Å²) in [5, 5.41) is -0.770. The third-order valence-electron chi connectivity index (χ3n) is 3.58. The van der Waals surface area contributed by atoms with Crippen molar-refractivity contribution < 1.29 is 13.2 Å². The zero-order chi connectivity index (χ0) is 13.6. The van der Waals surface area contributed by atoms with Crippen LogP contribution in [0.5, 0.6) is 0 Å². The molecule has 1 aliphatic carbocycles. The number of nitrogens with two attached hydrogens (primary N) is 1. The molecular weight excluding hydrogens is 261 g/mol. The maximum Gasteiger partial charge on any atom is 0.443 e. The van der Waals surface area contributed by atoms with Crippen LogP contribution in [0.1, 0.15) is 48.9 Å². The van der Waals surface area contributed by atoms with Gasteiger partial charge in [-0.3, -0.25) is 0 Å². The Labute approximate surface area is 108 Å². The first kappa shape index (κ1) is 13.8. The van der Waals surface area contributed by atoms with E-state index in [-0.39, 0.29) is 17.4 Å². The molecule has 6 heteroatoms. The van der Waals surface area contributed by atoms with Crippen molar-refractivity contribution in [2.45, 2.75) is 51.2 Å². The molecule has 1 aromatic heterocycles. The van der Waals surface area contributed by atoms with Crippen LogP contribution in [0.25, 0.3) is 0 Å². The molecule has 102 valence electrons. The van der Waals surface area contributed by atoms with E-state index in [2.05, 4.69) is 18.8 Å². The predicted octanol–water partition coefficient (Wildman–Crippen LogP) is 3.78. The van der Waals surface area contributed by atoms with E-state index in [9.17, 15) is 13.2 Å². The van der Waals surface area contributed by atoms with E-state index in [0.29, 0.717) is 4.88 Å². The molecule has 1 aliphatic rings. The van der Waals surface area contributed by atoms with Gasteiger partial charge >= 0.3 is 6.18 Å². The third-order valence-corrected chi connectivity index (χ3v) is 4.75. The van der Waals surface area contributed by atoms with Crippen LogP contribution in [-0.4, -0.2) is 11.0 Å². The first-order chi connectivity index (χ1) is 8.19. The second-order valence-corrected chi connectivity index (χ2v) is 6.81. The summed E-state index contributed by atoms with van der Waals surface area (Å²) in [7, 11) is 0. The van der Waals surface area contributed by atoms with Crippen molar-refractivity contribution >= 4 is 11.3 Å². The number of thiazole rings is 1. The molecule has 0 saturated heterocycles. The molecule has 2 atom stereocenters. The highest BCUT2D eigenvalue weighted by Crippen LogP contribution is 2.45. The van der Waals surface area contributed by atoms with E-state index >= 15 is 0 Å². The molecule has 0 aliphatic heterocycles. The van der Waals surface area contributed by atoms with Gasteiger partial charge in [0.15, 0.2) is 5.01 Å². The number of halogens is 3. The standard InChI is InChI=1S/C12H17F3N2S/c1-11(2)4-3-8(16)7(5-11)9-6-17-10(18-9)12(13,14)15/h6-8H,3-5,16H2,1-2H3. The maximum atomic E-state index is 12.5. The average Bonchev–Trinajstić information content (AvgIpc) is 2.70. The number of rotatable bonds is 1. The van der Waals surface area contributed by atoms with E-state index < -0.39 is 11.2 Å². The van der Waals surface area contributed by atoms with Gasteiger partial charge < -0.3 is 5.73 Å². The number of hydrogen-bond acceptors (Lipinski definition) is 3. The molecule has 2 unspecified atom stereocenters. The average molecular weight is 278 g/mol. The highest BCUT2D eigenvalue weighted by Gasteiger charge is 2.38. The zero-order valence-electron chi connectivity index (χ0n) is 10.4. The summed E-state index contributed by atoms with van der Waals surface area (Å²) in [5.74, 6) is 0.00218. The minimum absolute atomic E-state index is 0.00218. The Morgan fingerprint density at radius 1 is 1.44 bits per heavy atom. The molecule has 18 heavy (non-hydrogen) atoms. The number of alkyl halides is 3. The molecule has 0 bridgehead atoms. The fourth-order valence-corrected chi connectivity index (χ4v) is 3.47. The van der Waals surface area contributed by atoms with Crippen LogP contribution < -0.4 is 5.73 Å². The van der Waals surface area contributed by atoms with Crippen molar-refractivity contribution in [3.05, 3.63) is 16.1 Å². The zero-order valence-corrected chi connectivity index (χ0v) is 11.2. The third kappa shape index (κ3) is 2.85. The van der Waals surface area contributed by atoms with Crippen LogP contribution in [0.2, 0.25) is 0 Å². The predicted molar refractivity (Wildman–Crippen MR) is 65.5 cm³/mol. The van der Waals surface area contributed by atoms with Gasteiger partial charge in [-0.05, 0) is 24.7 Å². The highest BCUT2D eigenvalue weighted by atomic mass is 32.1. The van der Waals surface area contributed by atoms with Gasteiger partial charge in [-0.2, -0.15) is 13.2 Å². The van der Waals surface area contributed by atoms with Gasteiger partial charge in [0.05, 0.1) is 0 Å². The minimum Gasteiger partial charge on any atom is -0.327 e. The maximum absolute atomic E-state index is 12.5. The molecule has 1 saturated carbocycles. The number of nitrogens with zero attached hydrogens (tertiary/aromatic N) is 1. The molecular formula is C12H17F3N2S. The smallest absolute Gasteiger partial charge is 0.327 e. The lowest BCUT2D eigenvalue weighted by Gasteiger charge is -2.38. The second kappa shape index (κ2) is 4.49. The van der Waals surface area contributed by atoms with Gasteiger partial charge in [0, 0.05) is 23.0 Å². The first-order valence-electron chi connectivity index (χ1n) is 5.97. The summed E-state index contributed by atoms with van der Waals surface area (Å²) >= 11 is 0.735. The Balaban J connectivity index is 2.22. The summed E-state index contributed by atoms with van der Waals surface area (Å²) in [6, 6.07) is -0.0560. The SMILES string of the molecule is CC1(C)CCC(N)C(c2cnc(C(F)(F)F)s2)C1. The lowest BCUT2D eigenvalue weighted by molar-refractivity contribution is -0.137. The van der Waals surface area contributed by atoms with Crippen LogP contribution in [0.4, 0.5) is 13.2 Å². The van der Waals surface area contributed by atoms with E-state index in [1.54, 1.807) is 0 Å². The molecule has 1 fully saturated rings. The summed E-state index contributed by atoms with van der Waals surface area (Å²) in [4.78, 5) is 4.15. The number of hydrogen-bond donors (Lipinski definition) is 1. The van der Waals surface area contributed by atoms with Crippen molar-refractivity contribution in [1.82, 2.24) is 4.98 Å². The van der Waals surface area contributed by atoms with Gasteiger partial charge in [0.1, 0.15) is 0 Å². The molecule has 2 N–H and O–H groups in total. The Hall–Kier alpha value is -0.620. The second-order valence-electron chi connectivity index (χ2n) is 5.74. The molecule has 1 aromatic rings. The fourth-order valence-electron chi connectivity index (χ4n) is 2.51. The Bertz CT molecular complexity index is 425. The van der Waals surface area contributed by atoms with E-state index in [1.807, 2.05) is 0 Å². The fraction of sp³-hybridized carbons (Fsp3) is 0.750. The van der Waals surface area contributed by atoms with Crippen LogP contribution in [-0.2, 0) is 6.18 Å². The lowest BCUT2D eigenvalue weighted by Crippen LogP contribution is -2.37. The topological polar surface area (TPSA) is 38.9 Å². The van der Waals surface area contributed by atoms with Gasteiger partial charge in [0.2, 0.25) is 0 Å². The monoisotopic (exact) mass is 278 g/mol. The molecule has 0 aromatic carbocycles. The van der Waals surface area contributed by atoms with E-state index in [4.69, 9.17) is 5.73 Å². The van der Waals surface area contributed by atoms with Gasteiger partial charge in [-0.15, -0.1) is 11.3 Å². The van der Waals surface area contributed by atoms with E-state index in [1.165, 1.54) is 6.20 Å². The summed E-state index contributed by atoms with van der Waals surface area (Å²) in [5.41, 5.74) is 6.19. The van der Waals surface area contributed by atoms with Crippen molar-refractivity contribution in [3.8, 4) is 0 Å². The Morgan fingerprint density at radius 2 is 2.11 bits per heavy atom. The van der Waals surface area contributed by atoms with Gasteiger partial charge in [0.25, 0.3) is 0 Å². The van der Waals surface area contributed by atoms with Crippen molar-refractivity contribution in [3.63, 3.8) is 0 Å². The van der Waals surface area contributed by atoms with Crippen molar-refractivity contribution in [2.24, 2.45) is 11.1 Å². The van der Waals surface area contributed by atoms with Crippen LogP contribution in [0.15, 0.2) is 6.20 Å². The van der Waals surface area contributed by atoms with Gasteiger partial charge in [-0.1, -0.05) is 13.8 Å². The van der Waals surface area contributed by atoms with Crippen LogP contribution in [0, 0.1) is 5.41 Å². The van der Waals surface area contributed by atoms with E-state index in [0.717, 1.165) is 30.6 Å². The quantitative estimate of drug-likeness (QED) is 0.849.